The van der Waals surface area contributed by atoms with E-state index in [0.29, 0.717) is 13.1 Å². The van der Waals surface area contributed by atoms with Crippen molar-refractivity contribution in [3.8, 4) is 0 Å². The van der Waals surface area contributed by atoms with Gasteiger partial charge in [0, 0.05) is 37.1 Å². The van der Waals surface area contributed by atoms with Crippen molar-refractivity contribution in [1.82, 2.24) is 15.1 Å². The molecule has 1 aromatic rings. The molecule has 2 aliphatic heterocycles. The van der Waals surface area contributed by atoms with Crippen molar-refractivity contribution in [2.24, 2.45) is 0 Å². The highest BCUT2D eigenvalue weighted by atomic mass is 32.1. The Bertz CT molecular complexity index is 647. The van der Waals surface area contributed by atoms with E-state index in [1.165, 1.54) is 36.1 Å². The molecule has 26 heavy (non-hydrogen) atoms. The third-order valence-corrected chi connectivity index (χ3v) is 7.18. The number of piperidine rings is 1. The minimum Gasteiger partial charge on any atom is -0.336 e. The molecule has 6 heteroatoms. The van der Waals surface area contributed by atoms with Gasteiger partial charge in [-0.05, 0) is 50.2 Å². The number of thiophene rings is 1. The molecule has 0 spiro atoms. The van der Waals surface area contributed by atoms with Crippen LogP contribution in [0.5, 0.6) is 0 Å². The molecule has 0 radical (unpaired) electrons. The lowest BCUT2D eigenvalue weighted by Gasteiger charge is -2.41. The number of hydrogen-bond acceptors (Lipinski definition) is 4. The standard InChI is InChI=1S/C20H29N3O2S/c24-19-13-21-9-11-23(19)16-7-5-10-22(14-16)20(25)18-12-15-6-3-1-2-4-8-17(15)26-18/h12,16,21H,1-11,13-14H2. The molecular formula is C20H29N3O2S. The number of piperazine rings is 1. The van der Waals surface area contributed by atoms with Crippen LogP contribution in [0.15, 0.2) is 6.07 Å². The zero-order valence-electron chi connectivity index (χ0n) is 15.5. The molecule has 4 rings (SSSR count). The van der Waals surface area contributed by atoms with Crippen LogP contribution in [0, 0.1) is 0 Å². The second-order valence-electron chi connectivity index (χ2n) is 7.78. The van der Waals surface area contributed by atoms with Gasteiger partial charge in [0.2, 0.25) is 5.91 Å². The van der Waals surface area contributed by atoms with Gasteiger partial charge in [-0.25, -0.2) is 0 Å². The number of carbonyl (C=O) groups is 2. The molecule has 3 heterocycles. The summed E-state index contributed by atoms with van der Waals surface area (Å²) in [7, 11) is 0. The molecule has 2 saturated heterocycles. The van der Waals surface area contributed by atoms with E-state index < -0.39 is 0 Å². The molecule has 3 aliphatic rings. The molecule has 0 bridgehead atoms. The van der Waals surface area contributed by atoms with Gasteiger partial charge >= 0.3 is 0 Å². The van der Waals surface area contributed by atoms with Crippen LogP contribution in [-0.4, -0.2) is 60.4 Å². The number of nitrogens with zero attached hydrogens (tertiary/aromatic N) is 2. The fraction of sp³-hybridized carbons (Fsp3) is 0.700. The van der Waals surface area contributed by atoms with Crippen LogP contribution in [0.1, 0.15) is 58.6 Å². The van der Waals surface area contributed by atoms with Crippen molar-refractivity contribution in [3.63, 3.8) is 0 Å². The molecule has 1 N–H and O–H groups in total. The Morgan fingerprint density at radius 1 is 1.12 bits per heavy atom. The Morgan fingerprint density at radius 3 is 2.81 bits per heavy atom. The number of amides is 2. The third kappa shape index (κ3) is 3.81. The van der Waals surface area contributed by atoms with Crippen LogP contribution in [0.3, 0.4) is 0 Å². The fourth-order valence-corrected chi connectivity index (χ4v) is 5.73. The van der Waals surface area contributed by atoms with Crippen molar-refractivity contribution >= 4 is 23.2 Å². The summed E-state index contributed by atoms with van der Waals surface area (Å²) in [5.74, 6) is 0.351. The lowest BCUT2D eigenvalue weighted by atomic mass is 9.99. The molecule has 1 aromatic heterocycles. The summed E-state index contributed by atoms with van der Waals surface area (Å²) >= 11 is 1.72. The van der Waals surface area contributed by atoms with Gasteiger partial charge in [-0.3, -0.25) is 9.59 Å². The number of likely N-dealkylation sites (tertiary alicyclic amines) is 1. The monoisotopic (exact) mass is 375 g/mol. The summed E-state index contributed by atoms with van der Waals surface area (Å²) in [4.78, 5) is 31.6. The Balaban J connectivity index is 1.45. The highest BCUT2D eigenvalue weighted by molar-refractivity contribution is 7.14. The van der Waals surface area contributed by atoms with Crippen LogP contribution in [0.25, 0.3) is 0 Å². The quantitative estimate of drug-likeness (QED) is 0.864. The number of aryl methyl sites for hydroxylation is 2. The molecule has 1 aliphatic carbocycles. The topological polar surface area (TPSA) is 52.7 Å². The first-order valence-electron chi connectivity index (χ1n) is 10.1. The molecular weight excluding hydrogens is 346 g/mol. The van der Waals surface area contributed by atoms with Gasteiger partial charge < -0.3 is 15.1 Å². The summed E-state index contributed by atoms with van der Waals surface area (Å²) < 4.78 is 0. The van der Waals surface area contributed by atoms with Gasteiger partial charge in [0.05, 0.1) is 11.4 Å². The fourth-order valence-electron chi connectivity index (χ4n) is 4.51. The third-order valence-electron chi connectivity index (χ3n) is 5.96. The van der Waals surface area contributed by atoms with E-state index in [-0.39, 0.29) is 17.9 Å². The Morgan fingerprint density at radius 2 is 1.96 bits per heavy atom. The smallest absolute Gasteiger partial charge is 0.264 e. The lowest BCUT2D eigenvalue weighted by molar-refractivity contribution is -0.135. The van der Waals surface area contributed by atoms with Gasteiger partial charge in [0.1, 0.15) is 0 Å². The van der Waals surface area contributed by atoms with Gasteiger partial charge in [0.15, 0.2) is 0 Å². The van der Waals surface area contributed by atoms with Crippen LogP contribution >= 0.6 is 11.3 Å². The Labute approximate surface area is 159 Å². The predicted octanol–water partition coefficient (Wildman–Crippen LogP) is 2.44. The number of fused-ring (bicyclic) bond motifs is 1. The van der Waals surface area contributed by atoms with Crippen LogP contribution in [0.2, 0.25) is 0 Å². The maximum atomic E-state index is 13.1. The van der Waals surface area contributed by atoms with E-state index in [0.717, 1.165) is 50.2 Å². The minimum atomic E-state index is 0.175. The first kappa shape index (κ1) is 18.0. The second-order valence-corrected chi connectivity index (χ2v) is 8.92. The maximum absolute atomic E-state index is 13.1. The van der Waals surface area contributed by atoms with Gasteiger partial charge in [-0.1, -0.05) is 12.8 Å². The first-order chi connectivity index (χ1) is 12.7. The van der Waals surface area contributed by atoms with E-state index in [4.69, 9.17) is 0 Å². The number of nitrogens with one attached hydrogen (secondary N) is 1. The van der Waals surface area contributed by atoms with E-state index in [1.54, 1.807) is 11.3 Å². The summed E-state index contributed by atoms with van der Waals surface area (Å²) in [6.45, 7) is 3.56. The molecule has 1 atom stereocenters. The molecule has 2 fully saturated rings. The summed E-state index contributed by atoms with van der Waals surface area (Å²) in [6, 6.07) is 2.34. The summed E-state index contributed by atoms with van der Waals surface area (Å²) in [5, 5.41) is 3.13. The normalized spacial score (nSPS) is 24.8. The van der Waals surface area contributed by atoms with Gasteiger partial charge in [-0.2, -0.15) is 0 Å². The molecule has 2 amide bonds. The van der Waals surface area contributed by atoms with Crippen molar-refractivity contribution in [1.29, 1.82) is 0 Å². The minimum absolute atomic E-state index is 0.175. The maximum Gasteiger partial charge on any atom is 0.264 e. The highest BCUT2D eigenvalue weighted by Gasteiger charge is 2.32. The van der Waals surface area contributed by atoms with Crippen LogP contribution in [0.4, 0.5) is 0 Å². The number of carbonyl (C=O) groups excluding carboxylic acids is 2. The zero-order chi connectivity index (χ0) is 17.9. The molecule has 5 nitrogen and oxygen atoms in total. The molecule has 1 unspecified atom stereocenters. The Hall–Kier alpha value is -1.40. The van der Waals surface area contributed by atoms with Crippen molar-refractivity contribution in [2.75, 3.05) is 32.7 Å². The SMILES string of the molecule is O=C(c1cc2c(s1)CCCCCC2)N1CCCC(N2CCNCC2=O)C1. The summed E-state index contributed by atoms with van der Waals surface area (Å²) in [6.07, 6.45) is 9.36. The van der Waals surface area contributed by atoms with Gasteiger partial charge in [-0.15, -0.1) is 11.3 Å². The first-order valence-corrected chi connectivity index (χ1v) is 10.9. The number of hydrogen-bond donors (Lipinski definition) is 1. The van der Waals surface area contributed by atoms with E-state index >= 15 is 0 Å². The average Bonchev–Trinajstić information content (AvgIpc) is 3.03. The molecule has 0 aromatic carbocycles. The Kier molecular flexibility index (Phi) is 5.60. The predicted molar refractivity (Wildman–Crippen MR) is 104 cm³/mol. The van der Waals surface area contributed by atoms with Crippen molar-refractivity contribution < 1.29 is 9.59 Å². The molecule has 0 saturated carbocycles. The molecule has 142 valence electrons. The second kappa shape index (κ2) is 8.09. The average molecular weight is 376 g/mol. The lowest BCUT2D eigenvalue weighted by Crippen LogP contribution is -2.57. The summed E-state index contributed by atoms with van der Waals surface area (Å²) in [5.41, 5.74) is 1.41. The van der Waals surface area contributed by atoms with E-state index in [9.17, 15) is 9.59 Å². The zero-order valence-corrected chi connectivity index (χ0v) is 16.3. The largest absolute Gasteiger partial charge is 0.336 e. The highest BCUT2D eigenvalue weighted by Crippen LogP contribution is 2.30. The van der Waals surface area contributed by atoms with Crippen molar-refractivity contribution in [2.45, 2.75) is 57.4 Å². The van der Waals surface area contributed by atoms with E-state index in [2.05, 4.69) is 11.4 Å². The van der Waals surface area contributed by atoms with E-state index in [1.807, 2.05) is 9.80 Å². The van der Waals surface area contributed by atoms with Gasteiger partial charge in [0.25, 0.3) is 5.91 Å². The van der Waals surface area contributed by atoms with Crippen LogP contribution < -0.4 is 5.32 Å². The number of rotatable bonds is 2. The van der Waals surface area contributed by atoms with Crippen molar-refractivity contribution in [3.05, 3.63) is 21.4 Å². The van der Waals surface area contributed by atoms with Crippen LogP contribution in [-0.2, 0) is 17.6 Å².